The van der Waals surface area contributed by atoms with Gasteiger partial charge in [-0.2, -0.15) is 22.8 Å². The largest absolute Gasteiger partial charge is 0.221 e. The minimum Gasteiger partial charge on any atom is -0.207 e. The van der Waals surface area contributed by atoms with E-state index in [1.54, 1.807) is 30.3 Å². The zero-order chi connectivity index (χ0) is 109. The van der Waals surface area contributed by atoms with Gasteiger partial charge < -0.3 is 0 Å². The summed E-state index contributed by atoms with van der Waals surface area (Å²) in [5.41, 5.74) is 35.3. The summed E-state index contributed by atoms with van der Waals surface area (Å²) in [5, 5.41) is 17.1. The summed E-state index contributed by atoms with van der Waals surface area (Å²) >= 11 is 0. The topological polar surface area (TPSA) is 19.4 Å². The Morgan fingerprint density at radius 1 is 0.235 bits per heavy atom. The highest BCUT2D eigenvalue weighted by Crippen LogP contribution is 2.49. The zero-order valence-electron chi connectivity index (χ0n) is 96.5. The maximum absolute atomic E-state index is 15.3. The average molecular weight is 1990 g/mol. The third-order valence-corrected chi connectivity index (χ3v) is 34.8. The maximum atomic E-state index is 15.3. The second-order valence-corrected chi connectivity index (χ2v) is 45.0. The van der Waals surface area contributed by atoms with Crippen LogP contribution in [0.15, 0.2) is 243 Å². The molecule has 20 aromatic rings. The van der Waals surface area contributed by atoms with Crippen molar-refractivity contribution in [3.05, 3.63) is 384 Å². The monoisotopic (exact) mass is 1980 g/mol. The van der Waals surface area contributed by atoms with Crippen molar-refractivity contribution in [3.63, 3.8) is 0 Å². The lowest BCUT2D eigenvalue weighted by Gasteiger charge is -2.22. The molecular formula is C139H145F5N5+5. The van der Waals surface area contributed by atoms with Crippen molar-refractivity contribution in [1.29, 1.82) is 0 Å². The first-order chi connectivity index (χ1) is 73.5. The Labute approximate surface area is 885 Å². The van der Waals surface area contributed by atoms with Crippen LogP contribution in [0.1, 0.15) is 266 Å². The molecule has 0 atom stereocenters. The summed E-state index contributed by atoms with van der Waals surface area (Å²) in [5.74, 6) is 1.23. The summed E-state index contributed by atoms with van der Waals surface area (Å²) < 4.78 is 128. The Hall–Kier alpha value is -13.7. The summed E-state index contributed by atoms with van der Waals surface area (Å²) in [4.78, 5) is 0. The van der Waals surface area contributed by atoms with Crippen LogP contribution in [-0.2, 0) is 40.7 Å². The summed E-state index contributed by atoms with van der Waals surface area (Å²) in [6.45, 7) is 38.4. The molecule has 0 radical (unpaired) electrons. The van der Waals surface area contributed by atoms with Crippen LogP contribution in [0.25, 0.3) is 164 Å². The van der Waals surface area contributed by atoms with Crippen LogP contribution in [-0.4, -0.2) is 0 Å². The lowest BCUT2D eigenvalue weighted by atomic mass is 9.82. The quantitative estimate of drug-likeness (QED) is 0.0780. The molecule has 4 saturated carbocycles. The fourth-order valence-electron chi connectivity index (χ4n) is 25.0. The number of hydrogen-bond acceptors (Lipinski definition) is 0. The van der Waals surface area contributed by atoms with E-state index in [0.29, 0.717) is 69.4 Å². The predicted octanol–water partition coefficient (Wildman–Crippen LogP) is 35.7. The molecule has 4 fully saturated rings. The van der Waals surface area contributed by atoms with Gasteiger partial charge in [0, 0.05) is 81.0 Å². The van der Waals surface area contributed by atoms with E-state index in [0.717, 1.165) is 149 Å². The molecule has 5 aromatic heterocycles. The first kappa shape index (κ1) is 96.2. The van der Waals surface area contributed by atoms with E-state index in [2.05, 4.69) is 181 Å². The number of aryl methyl sites for hydroxylation is 5. The molecule has 0 amide bonds. The minimum absolute atomic E-state index is 0.000683. The molecular weight excluding hydrogens is 1830 g/mol. The first-order valence-electron chi connectivity index (χ1n) is 56.6. The number of rotatable bonds is 9. The third-order valence-electron chi connectivity index (χ3n) is 34.8. The Morgan fingerprint density at radius 2 is 0.523 bits per heavy atom. The van der Waals surface area contributed by atoms with E-state index in [-0.39, 0.29) is 40.5 Å². The Bertz CT molecular complexity index is 8890. The van der Waals surface area contributed by atoms with Gasteiger partial charge in [-0.1, -0.05) is 212 Å². The van der Waals surface area contributed by atoms with Gasteiger partial charge in [-0.25, -0.2) is 22.0 Å². The summed E-state index contributed by atoms with van der Waals surface area (Å²) in [6, 6.07) is 71.3. The number of benzene rings is 15. The molecule has 0 unspecified atom stereocenters. The fraction of sp³-hybridized carbons (Fsp3) is 0.317. The minimum atomic E-state index is -0.333. The van der Waals surface area contributed by atoms with Crippen molar-refractivity contribution in [1.82, 2.24) is 0 Å². The molecule has 0 aliphatic heterocycles. The van der Waals surface area contributed by atoms with Crippen molar-refractivity contribution in [2.24, 2.45) is 35.2 Å². The third kappa shape index (κ3) is 19.3. The van der Waals surface area contributed by atoms with Crippen LogP contribution in [0.5, 0.6) is 0 Å². The van der Waals surface area contributed by atoms with Gasteiger partial charge >= 0.3 is 0 Å². The van der Waals surface area contributed by atoms with Crippen molar-refractivity contribution in [2.75, 3.05) is 0 Å². The number of hydrogen-bond donors (Lipinski definition) is 0. The van der Waals surface area contributed by atoms with Gasteiger partial charge in [0.25, 0.3) is 0 Å². The number of halogens is 5. The van der Waals surface area contributed by atoms with Crippen LogP contribution in [0, 0.1) is 133 Å². The molecule has 0 saturated heterocycles. The van der Waals surface area contributed by atoms with E-state index in [1.165, 1.54) is 227 Å². The standard InChI is InChI=1S/4C28H29FN.C27H29FN/c1-17-13-21(20-9-5-6-10-20)15-25(19(17)3)28-27-22(14-18(2)30(28)4)16-26(29)23-11-7-8-12-24(23)27;1-17-14-22(20-8-5-6-9-20)16-25(19(17)3)28-27-21(15-18(2)30(28)4)12-13-23-24(27)10-7-11-26(23)29;1-17-13-23(20-7-5-6-8-20)16-26(19(17)3)28-27-22(14-18(2)30(28)4)10-9-21-15-24(29)11-12-25(21)27;1-17-13-23(20-7-5-6-8-20)15-25(19(17)3)28-27-22(14-18(2)30(28)4)10-9-21-11-12-24(29)16-26(21)27;1-16-12-20(27(4,5)6)15-22(18(16)3)26-25-21-11-9-8-10-19(21)14-24(28)23(25)13-17(2)29(26)7/h7-8,11-16,20H,5-6,9-10H2,1-4H3;7,10-16,20H,5-6,8-9H2,1-4H3;2*9-16,20H,5-8H2,1-4H3;8-15H,1-7H3/q5*+1/i14D;15D;2*14D;13D. The second kappa shape index (κ2) is 41.3. The highest BCUT2D eigenvalue weighted by molar-refractivity contribution is 6.18. The Morgan fingerprint density at radius 3 is 0.966 bits per heavy atom. The van der Waals surface area contributed by atoms with Gasteiger partial charge in [-0.3, -0.25) is 0 Å². The Kier molecular flexibility index (Phi) is 26.7. The average Bonchev–Trinajstić information content (AvgIpc) is 0.843. The molecule has 24 rings (SSSR count). The lowest BCUT2D eigenvalue weighted by molar-refractivity contribution is -0.665. The van der Waals surface area contributed by atoms with Crippen molar-refractivity contribution < 1.29 is 51.6 Å². The maximum Gasteiger partial charge on any atom is 0.221 e. The molecule has 4 aliphatic rings. The van der Waals surface area contributed by atoms with Gasteiger partial charge in [-0.05, 0) is 371 Å². The van der Waals surface area contributed by atoms with Gasteiger partial charge in [0.05, 0.1) is 61.6 Å². The normalized spacial score (nSPS) is 14.8. The Balaban J connectivity index is 0.000000116. The fourth-order valence-corrected chi connectivity index (χ4v) is 25.0. The molecule has 5 nitrogen and oxygen atoms in total. The summed E-state index contributed by atoms with van der Waals surface area (Å²) in [7, 11) is 10.2. The van der Waals surface area contributed by atoms with Crippen LogP contribution in [0.3, 0.4) is 0 Å². The second-order valence-electron chi connectivity index (χ2n) is 45.0. The number of nitrogens with zero attached hydrogens (tertiary/aromatic N) is 5. The smallest absolute Gasteiger partial charge is 0.207 e. The van der Waals surface area contributed by atoms with E-state index in [9.17, 15) is 17.6 Å². The summed E-state index contributed by atoms with van der Waals surface area (Å²) in [6.07, 6.45) is 20.5. The van der Waals surface area contributed by atoms with E-state index in [4.69, 9.17) is 6.85 Å². The molecule has 0 spiro atoms. The highest BCUT2D eigenvalue weighted by Gasteiger charge is 2.35. The van der Waals surface area contributed by atoms with Crippen LogP contribution < -0.4 is 22.8 Å². The van der Waals surface area contributed by atoms with E-state index >= 15 is 4.39 Å². The molecule has 0 bridgehead atoms. The van der Waals surface area contributed by atoms with Gasteiger partial charge in [0.15, 0.2) is 28.5 Å². The van der Waals surface area contributed by atoms with E-state index in [1.807, 2.05) is 166 Å². The molecule has 4 aliphatic carbocycles. The zero-order valence-corrected chi connectivity index (χ0v) is 91.5. The lowest BCUT2D eigenvalue weighted by Crippen LogP contribution is -2.35. The SMILES string of the molecule is [2H]c1c(C)[n+](C)c(-c2cc(C(C)(C)C)cc(C)c2C)c2c1c(F)cc1ccccc12.[2H]c1c(C)[n+](C)c(-c2cc(C3CCCC3)cc(C)c2C)c2c1cc(F)c1ccccc12.[2H]c1c(C)[n+](C)c(-c2cc(C3CCCC3)cc(C)c2C)c2c1ccc1c(F)cccc12.[2H]c1c(C)[n+](C)c(-c2cc(C3CCCC3)cc(C)c2C)c2c1ccc1cc(F)ccc12.[2H]c1c(C)[n+](C)c(-c2cc(C3CCCC3)cc(C)c2C)c2c1ccc1ccc(F)cc12. The molecule has 5 heterocycles. The molecule has 10 heteroatoms. The van der Waals surface area contributed by atoms with Gasteiger partial charge in [-0.15, -0.1) is 0 Å². The van der Waals surface area contributed by atoms with Crippen molar-refractivity contribution >= 4 is 108 Å². The number of fused-ring (bicyclic) bond motifs is 15. The van der Waals surface area contributed by atoms with Crippen LogP contribution in [0.4, 0.5) is 22.0 Å². The predicted molar refractivity (Wildman–Crippen MR) is 615 cm³/mol. The van der Waals surface area contributed by atoms with Gasteiger partial charge in [0.1, 0.15) is 64.3 Å². The molecule has 756 valence electrons. The highest BCUT2D eigenvalue weighted by atomic mass is 19.1. The molecule has 15 aromatic carbocycles. The molecule has 0 N–H and O–H groups in total. The van der Waals surface area contributed by atoms with Gasteiger partial charge in [0.2, 0.25) is 28.5 Å². The number of aromatic nitrogens is 5. The van der Waals surface area contributed by atoms with Crippen molar-refractivity contribution in [2.45, 2.75) is 256 Å². The van der Waals surface area contributed by atoms with Crippen LogP contribution in [0.2, 0.25) is 0 Å². The molecule has 149 heavy (non-hydrogen) atoms. The first-order valence-corrected chi connectivity index (χ1v) is 54.1. The van der Waals surface area contributed by atoms with Crippen molar-refractivity contribution in [3.8, 4) is 56.3 Å². The van der Waals surface area contributed by atoms with E-state index < -0.39 is 0 Å². The number of pyridine rings is 5. The van der Waals surface area contributed by atoms with Crippen LogP contribution >= 0.6 is 0 Å².